The molecule has 0 fully saturated rings. The fourth-order valence-corrected chi connectivity index (χ4v) is 6.51. The highest BCUT2D eigenvalue weighted by Crippen LogP contribution is 2.39. The first-order chi connectivity index (χ1) is 13.4. The predicted molar refractivity (Wildman–Crippen MR) is 119 cm³/mol. The molecule has 2 aromatic carbocycles. The number of ether oxygens (including phenoxy) is 2. The van der Waals surface area contributed by atoms with Gasteiger partial charge in [0, 0.05) is 23.2 Å². The molecule has 154 valence electrons. The Morgan fingerprint density at radius 1 is 1.11 bits per heavy atom. The number of hydrogen-bond acceptors (Lipinski definition) is 5. The molecule has 0 aliphatic carbocycles. The number of esters is 1. The van der Waals surface area contributed by atoms with Crippen molar-refractivity contribution in [3.63, 3.8) is 0 Å². The molecule has 2 unspecified atom stereocenters. The van der Waals surface area contributed by atoms with Crippen LogP contribution in [0.1, 0.15) is 34.1 Å². The summed E-state index contributed by atoms with van der Waals surface area (Å²) in [5.74, 6) is -0.154. The van der Waals surface area contributed by atoms with Crippen LogP contribution in [0.15, 0.2) is 47.4 Å². The maximum absolute atomic E-state index is 12.9. The second-order valence-corrected chi connectivity index (χ2v) is 10.6. The first-order valence-electron chi connectivity index (χ1n) is 9.84. The van der Waals surface area contributed by atoms with Crippen LogP contribution < -0.4 is 0 Å². The Morgan fingerprint density at radius 3 is 2.46 bits per heavy atom. The third-order valence-corrected chi connectivity index (χ3v) is 7.83. The molecule has 2 rings (SSSR count). The van der Waals surface area contributed by atoms with Crippen LogP contribution in [0, 0.1) is 5.92 Å². The van der Waals surface area contributed by atoms with E-state index < -0.39 is 13.4 Å². The van der Waals surface area contributed by atoms with Gasteiger partial charge in [-0.05, 0) is 49.1 Å². The molecule has 0 spiro atoms. The van der Waals surface area contributed by atoms with Gasteiger partial charge in [0.25, 0.3) is 0 Å². The van der Waals surface area contributed by atoms with Gasteiger partial charge >= 0.3 is 5.97 Å². The number of carbonyl (C=O) groups excluding carboxylic acids is 1. The number of hydrogen-bond donors (Lipinski definition) is 0. The van der Waals surface area contributed by atoms with Crippen LogP contribution in [-0.4, -0.2) is 36.4 Å². The van der Waals surface area contributed by atoms with E-state index in [9.17, 15) is 9.36 Å². The summed E-state index contributed by atoms with van der Waals surface area (Å²) in [4.78, 5) is 13.8. The minimum atomic E-state index is -2.04. The molecule has 0 aliphatic heterocycles. The summed E-state index contributed by atoms with van der Waals surface area (Å²) in [5, 5.41) is 2.36. The molecule has 0 heterocycles. The van der Waals surface area contributed by atoms with E-state index in [0.717, 1.165) is 4.90 Å². The Labute approximate surface area is 173 Å². The molecule has 6 heteroatoms. The van der Waals surface area contributed by atoms with Crippen molar-refractivity contribution < 1.29 is 18.8 Å². The van der Waals surface area contributed by atoms with Crippen molar-refractivity contribution in [3.05, 3.63) is 42.5 Å². The Morgan fingerprint density at radius 2 is 1.82 bits per heavy atom. The van der Waals surface area contributed by atoms with E-state index in [2.05, 4.69) is 30.3 Å². The largest absolute Gasteiger partial charge is 0.464 e. The van der Waals surface area contributed by atoms with E-state index in [1.54, 1.807) is 18.7 Å². The van der Waals surface area contributed by atoms with E-state index in [4.69, 9.17) is 9.47 Å². The van der Waals surface area contributed by atoms with Crippen molar-refractivity contribution in [2.24, 2.45) is 5.92 Å². The van der Waals surface area contributed by atoms with Crippen molar-refractivity contribution in [3.8, 4) is 0 Å². The molecule has 2 atom stereocenters. The number of thioether (sulfide) groups is 1. The summed E-state index contributed by atoms with van der Waals surface area (Å²) in [7, 11) is -2.04. The SMILES string of the molecule is CCOC(=O)C(CC(C)C)(C[PH](=O)CSc1ccc2ccccc2c1)OCC. The van der Waals surface area contributed by atoms with Gasteiger partial charge < -0.3 is 14.0 Å². The molecule has 0 aliphatic rings. The van der Waals surface area contributed by atoms with Gasteiger partial charge in [-0.25, -0.2) is 4.79 Å². The fraction of sp³-hybridized carbons (Fsp3) is 0.500. The molecule has 0 aromatic heterocycles. The van der Waals surface area contributed by atoms with Gasteiger partial charge in [0.2, 0.25) is 0 Å². The minimum absolute atomic E-state index is 0.225. The molecule has 0 bridgehead atoms. The summed E-state index contributed by atoms with van der Waals surface area (Å²) >= 11 is 1.57. The lowest BCUT2D eigenvalue weighted by Gasteiger charge is -2.32. The van der Waals surface area contributed by atoms with Crippen LogP contribution in [0.2, 0.25) is 0 Å². The van der Waals surface area contributed by atoms with E-state index in [-0.39, 0.29) is 18.0 Å². The lowest BCUT2D eigenvalue weighted by atomic mass is 9.94. The number of fused-ring (bicyclic) bond motifs is 1. The average molecular weight is 423 g/mol. The average Bonchev–Trinajstić information content (AvgIpc) is 2.66. The zero-order chi connectivity index (χ0) is 20.6. The molecule has 0 amide bonds. The van der Waals surface area contributed by atoms with Crippen LogP contribution >= 0.6 is 19.6 Å². The maximum Gasteiger partial charge on any atom is 0.338 e. The maximum atomic E-state index is 12.9. The highest BCUT2D eigenvalue weighted by atomic mass is 32.2. The molecule has 2 aromatic rings. The zero-order valence-corrected chi connectivity index (χ0v) is 19.0. The van der Waals surface area contributed by atoms with Crippen LogP contribution in [0.3, 0.4) is 0 Å². The quantitative estimate of drug-likeness (QED) is 0.259. The fourth-order valence-electron chi connectivity index (χ4n) is 3.39. The van der Waals surface area contributed by atoms with E-state index >= 15 is 0 Å². The van der Waals surface area contributed by atoms with Gasteiger partial charge in [0.1, 0.15) is 0 Å². The lowest BCUT2D eigenvalue weighted by Crippen LogP contribution is -2.46. The molecule has 0 saturated heterocycles. The van der Waals surface area contributed by atoms with Gasteiger partial charge in [-0.1, -0.05) is 44.2 Å². The van der Waals surface area contributed by atoms with Gasteiger partial charge in [0.05, 0.1) is 14.4 Å². The second kappa shape index (κ2) is 11.0. The third-order valence-electron chi connectivity index (χ3n) is 4.41. The van der Waals surface area contributed by atoms with Crippen molar-refractivity contribution in [2.75, 3.05) is 24.9 Å². The Balaban J connectivity index is 2.09. The standard InChI is InChI=1S/C22H31O4PS/c1-5-25-21(23)22(26-6-2,14-17(3)4)15-27(24)16-28-20-12-11-18-9-7-8-10-19(18)13-20/h7-13,17,27H,5-6,14-16H2,1-4H3. The normalized spacial score (nSPS) is 14.8. The summed E-state index contributed by atoms with van der Waals surface area (Å²) in [6.07, 6.45) is 0.736. The van der Waals surface area contributed by atoms with Crippen LogP contribution in [0.25, 0.3) is 10.8 Å². The first kappa shape index (κ1) is 23.0. The molecular weight excluding hydrogens is 391 g/mol. The van der Waals surface area contributed by atoms with Crippen molar-refractivity contribution >= 4 is 36.3 Å². The summed E-state index contributed by atoms with van der Waals surface area (Å²) in [6.45, 7) is 8.39. The van der Waals surface area contributed by atoms with E-state index in [0.29, 0.717) is 25.1 Å². The minimum Gasteiger partial charge on any atom is -0.464 e. The Kier molecular flexibility index (Phi) is 9.07. The number of carbonyl (C=O) groups is 1. The zero-order valence-electron chi connectivity index (χ0n) is 17.2. The summed E-state index contributed by atoms with van der Waals surface area (Å²) in [6, 6.07) is 14.4. The van der Waals surface area contributed by atoms with E-state index in [1.165, 1.54) is 10.8 Å². The topological polar surface area (TPSA) is 52.6 Å². The molecule has 4 nitrogen and oxygen atoms in total. The summed E-state index contributed by atoms with van der Waals surface area (Å²) in [5.41, 5.74) is -0.631. The van der Waals surface area contributed by atoms with Gasteiger partial charge in [-0.2, -0.15) is 0 Å². The van der Waals surface area contributed by atoms with Crippen molar-refractivity contribution in [1.29, 1.82) is 0 Å². The molecule has 0 N–H and O–H groups in total. The van der Waals surface area contributed by atoms with Gasteiger partial charge in [-0.3, -0.25) is 0 Å². The molecular formula is C22H31O4PS. The predicted octanol–water partition coefficient (Wildman–Crippen LogP) is 5.83. The lowest BCUT2D eigenvalue weighted by molar-refractivity contribution is -0.171. The monoisotopic (exact) mass is 422 g/mol. The van der Waals surface area contributed by atoms with Crippen LogP contribution in [0.5, 0.6) is 0 Å². The van der Waals surface area contributed by atoms with Crippen LogP contribution in [-0.2, 0) is 18.8 Å². The van der Waals surface area contributed by atoms with Crippen molar-refractivity contribution in [2.45, 2.75) is 44.6 Å². The number of benzene rings is 2. The number of rotatable bonds is 11. The first-order valence-corrected chi connectivity index (χ1v) is 12.7. The molecule has 0 saturated carbocycles. The second-order valence-electron chi connectivity index (χ2n) is 7.26. The molecule has 28 heavy (non-hydrogen) atoms. The van der Waals surface area contributed by atoms with E-state index in [1.807, 2.05) is 32.9 Å². The van der Waals surface area contributed by atoms with Gasteiger partial charge in [-0.15, -0.1) is 11.8 Å². The smallest absolute Gasteiger partial charge is 0.338 e. The Bertz CT molecular complexity index is 808. The molecule has 0 radical (unpaired) electrons. The Hall–Kier alpha value is -1.29. The van der Waals surface area contributed by atoms with Crippen molar-refractivity contribution in [1.82, 2.24) is 0 Å². The highest BCUT2D eigenvalue weighted by Gasteiger charge is 2.42. The highest BCUT2D eigenvalue weighted by molar-refractivity contribution is 8.03. The van der Waals surface area contributed by atoms with Crippen LogP contribution in [0.4, 0.5) is 0 Å². The van der Waals surface area contributed by atoms with Gasteiger partial charge in [0.15, 0.2) is 5.60 Å². The third kappa shape index (κ3) is 6.37. The summed E-state index contributed by atoms with van der Waals surface area (Å²) < 4.78 is 24.1.